The molecule has 0 radical (unpaired) electrons. The Kier molecular flexibility index (Phi) is 6.32. The molecule has 1 aliphatic rings. The van der Waals surface area contributed by atoms with E-state index in [9.17, 15) is 14.4 Å². The standard InChI is InChI=1S/C19H20N2O5/c1-4-16(22)20-13-8-7-9-14(12-13)21-11-6-5-10-15(18(23)25-2)17(21)19(24)26-3/h5-12H,4H2,1-3H3,(H,20,22). The lowest BCUT2D eigenvalue weighted by atomic mass is 10.1. The zero-order valence-electron chi connectivity index (χ0n) is 14.8. The maximum atomic E-state index is 12.4. The number of esters is 2. The fourth-order valence-corrected chi connectivity index (χ4v) is 2.35. The van der Waals surface area contributed by atoms with Gasteiger partial charge in [-0.2, -0.15) is 0 Å². The molecule has 1 heterocycles. The van der Waals surface area contributed by atoms with E-state index in [-0.39, 0.29) is 17.2 Å². The van der Waals surface area contributed by atoms with E-state index < -0.39 is 11.9 Å². The fourth-order valence-electron chi connectivity index (χ4n) is 2.35. The minimum Gasteiger partial charge on any atom is -0.465 e. The topological polar surface area (TPSA) is 84.9 Å². The van der Waals surface area contributed by atoms with Crippen molar-refractivity contribution >= 4 is 29.2 Å². The van der Waals surface area contributed by atoms with Crippen LogP contribution in [0, 0.1) is 0 Å². The third-order valence-corrected chi connectivity index (χ3v) is 3.62. The molecule has 0 atom stereocenters. The normalized spacial score (nSPS) is 13.3. The van der Waals surface area contributed by atoms with E-state index in [2.05, 4.69) is 5.32 Å². The van der Waals surface area contributed by atoms with E-state index in [1.54, 1.807) is 49.5 Å². The molecule has 7 nitrogen and oxygen atoms in total. The van der Waals surface area contributed by atoms with E-state index in [1.807, 2.05) is 0 Å². The lowest BCUT2D eigenvalue weighted by molar-refractivity contribution is -0.139. The van der Waals surface area contributed by atoms with Gasteiger partial charge < -0.3 is 19.7 Å². The number of rotatable bonds is 5. The highest BCUT2D eigenvalue weighted by Crippen LogP contribution is 2.28. The van der Waals surface area contributed by atoms with Crippen molar-refractivity contribution in [2.24, 2.45) is 0 Å². The van der Waals surface area contributed by atoms with Gasteiger partial charge in [-0.3, -0.25) is 4.79 Å². The van der Waals surface area contributed by atoms with Crippen LogP contribution in [0.5, 0.6) is 0 Å². The molecule has 0 unspecified atom stereocenters. The molecule has 1 aromatic carbocycles. The SMILES string of the molecule is CCC(=O)Nc1cccc(N2C=CC=CC(C(=O)OC)=C2C(=O)OC)c1. The average Bonchev–Trinajstić information content (AvgIpc) is 2.89. The van der Waals surface area contributed by atoms with Crippen LogP contribution in [0.2, 0.25) is 0 Å². The van der Waals surface area contributed by atoms with Crippen LogP contribution in [-0.2, 0) is 23.9 Å². The van der Waals surface area contributed by atoms with Gasteiger partial charge in [-0.1, -0.05) is 19.1 Å². The first kappa shape index (κ1) is 19.0. The van der Waals surface area contributed by atoms with Crippen molar-refractivity contribution in [2.75, 3.05) is 24.4 Å². The number of carbonyl (C=O) groups is 3. The van der Waals surface area contributed by atoms with Gasteiger partial charge in [-0.05, 0) is 30.4 Å². The first-order valence-corrected chi connectivity index (χ1v) is 7.96. The summed E-state index contributed by atoms with van der Waals surface area (Å²) >= 11 is 0. The van der Waals surface area contributed by atoms with Gasteiger partial charge in [0.05, 0.1) is 19.8 Å². The first-order valence-electron chi connectivity index (χ1n) is 7.96. The van der Waals surface area contributed by atoms with Gasteiger partial charge in [0.15, 0.2) is 0 Å². The van der Waals surface area contributed by atoms with E-state index in [1.165, 1.54) is 25.2 Å². The van der Waals surface area contributed by atoms with Crippen LogP contribution < -0.4 is 10.2 Å². The Morgan fingerprint density at radius 2 is 1.81 bits per heavy atom. The predicted molar refractivity (Wildman–Crippen MR) is 97.2 cm³/mol. The smallest absolute Gasteiger partial charge is 0.355 e. The average molecular weight is 356 g/mol. The summed E-state index contributed by atoms with van der Waals surface area (Å²) < 4.78 is 9.63. The van der Waals surface area contributed by atoms with Crippen LogP contribution >= 0.6 is 0 Å². The Morgan fingerprint density at radius 1 is 1.08 bits per heavy atom. The monoisotopic (exact) mass is 356 g/mol. The molecule has 1 aliphatic heterocycles. The predicted octanol–water partition coefficient (Wildman–Crippen LogP) is 2.53. The van der Waals surface area contributed by atoms with E-state index in [0.29, 0.717) is 17.8 Å². The summed E-state index contributed by atoms with van der Waals surface area (Å²) in [6.07, 6.45) is 6.75. The molecule has 1 N–H and O–H groups in total. The number of ether oxygens (including phenoxy) is 2. The number of benzene rings is 1. The van der Waals surface area contributed by atoms with Crippen LogP contribution in [0.4, 0.5) is 11.4 Å². The quantitative estimate of drug-likeness (QED) is 0.816. The molecule has 0 aliphatic carbocycles. The van der Waals surface area contributed by atoms with Crippen molar-refractivity contribution in [2.45, 2.75) is 13.3 Å². The number of allylic oxidation sites excluding steroid dienone is 2. The van der Waals surface area contributed by atoms with Gasteiger partial charge in [0.1, 0.15) is 5.70 Å². The molecule has 7 heteroatoms. The maximum Gasteiger partial charge on any atom is 0.355 e. The number of hydrogen-bond donors (Lipinski definition) is 1. The fraction of sp³-hybridized carbons (Fsp3) is 0.211. The van der Waals surface area contributed by atoms with Gasteiger partial charge in [-0.15, -0.1) is 0 Å². The molecule has 0 aromatic heterocycles. The summed E-state index contributed by atoms with van der Waals surface area (Å²) in [7, 11) is 2.47. The molecule has 1 amide bonds. The second kappa shape index (κ2) is 8.66. The third-order valence-electron chi connectivity index (χ3n) is 3.62. The van der Waals surface area contributed by atoms with Crippen LogP contribution in [0.15, 0.2) is 60.0 Å². The van der Waals surface area contributed by atoms with E-state index in [0.717, 1.165) is 0 Å². The van der Waals surface area contributed by atoms with Crippen molar-refractivity contribution in [1.29, 1.82) is 0 Å². The first-order chi connectivity index (χ1) is 12.5. The van der Waals surface area contributed by atoms with Crippen molar-refractivity contribution in [3.63, 3.8) is 0 Å². The molecule has 0 bridgehead atoms. The number of hydrogen-bond acceptors (Lipinski definition) is 6. The number of nitrogens with zero attached hydrogens (tertiary/aromatic N) is 1. The van der Waals surface area contributed by atoms with Gasteiger partial charge in [-0.25, -0.2) is 9.59 Å². The molecule has 1 aromatic rings. The summed E-state index contributed by atoms with van der Waals surface area (Å²) in [6, 6.07) is 6.91. The summed E-state index contributed by atoms with van der Waals surface area (Å²) in [6.45, 7) is 1.75. The largest absolute Gasteiger partial charge is 0.465 e. The van der Waals surface area contributed by atoms with Crippen LogP contribution in [0.3, 0.4) is 0 Å². The number of carbonyl (C=O) groups excluding carboxylic acids is 3. The number of methoxy groups -OCH3 is 2. The molecule has 26 heavy (non-hydrogen) atoms. The molecule has 0 spiro atoms. The Morgan fingerprint density at radius 3 is 2.46 bits per heavy atom. The van der Waals surface area contributed by atoms with Gasteiger partial charge in [0, 0.05) is 24.0 Å². The summed E-state index contributed by atoms with van der Waals surface area (Å²) in [4.78, 5) is 37.6. The van der Waals surface area contributed by atoms with E-state index >= 15 is 0 Å². The maximum absolute atomic E-state index is 12.4. The highest BCUT2D eigenvalue weighted by atomic mass is 16.5. The highest BCUT2D eigenvalue weighted by molar-refractivity contribution is 6.05. The Labute approximate surface area is 151 Å². The number of anilines is 2. The van der Waals surface area contributed by atoms with Gasteiger partial charge in [0.25, 0.3) is 0 Å². The van der Waals surface area contributed by atoms with Crippen LogP contribution in [0.1, 0.15) is 13.3 Å². The molecular formula is C19H20N2O5. The van der Waals surface area contributed by atoms with Crippen molar-refractivity contribution in [3.05, 3.63) is 60.0 Å². The molecule has 2 rings (SSSR count). The minimum atomic E-state index is -0.690. The van der Waals surface area contributed by atoms with Gasteiger partial charge >= 0.3 is 11.9 Å². The zero-order chi connectivity index (χ0) is 19.1. The zero-order valence-corrected chi connectivity index (χ0v) is 14.8. The minimum absolute atomic E-state index is 0.0170. The number of amides is 1. The lowest BCUT2D eigenvalue weighted by Gasteiger charge is -2.23. The highest BCUT2D eigenvalue weighted by Gasteiger charge is 2.27. The summed E-state index contributed by atoms with van der Waals surface area (Å²) in [5.41, 5.74) is 1.22. The Balaban J connectivity index is 2.55. The molecule has 0 saturated heterocycles. The Bertz CT molecular complexity index is 808. The second-order valence-electron chi connectivity index (χ2n) is 5.27. The molecular weight excluding hydrogens is 336 g/mol. The molecule has 0 saturated carbocycles. The lowest BCUT2D eigenvalue weighted by Crippen LogP contribution is -2.27. The van der Waals surface area contributed by atoms with E-state index in [4.69, 9.17) is 9.47 Å². The summed E-state index contributed by atoms with van der Waals surface area (Å²) in [5.74, 6) is -1.48. The Hall–Kier alpha value is -3.35. The molecule has 0 fully saturated rings. The van der Waals surface area contributed by atoms with Crippen LogP contribution in [-0.4, -0.2) is 32.1 Å². The molecule has 136 valence electrons. The van der Waals surface area contributed by atoms with Gasteiger partial charge in [0.2, 0.25) is 5.91 Å². The van der Waals surface area contributed by atoms with Crippen LogP contribution in [0.25, 0.3) is 0 Å². The van der Waals surface area contributed by atoms with Crippen molar-refractivity contribution in [3.8, 4) is 0 Å². The van der Waals surface area contributed by atoms with Crippen molar-refractivity contribution in [1.82, 2.24) is 0 Å². The third kappa shape index (κ3) is 4.18. The number of nitrogens with one attached hydrogen (secondary N) is 1. The second-order valence-corrected chi connectivity index (χ2v) is 5.27. The van der Waals surface area contributed by atoms with Crippen molar-refractivity contribution < 1.29 is 23.9 Å². The summed E-state index contributed by atoms with van der Waals surface area (Å²) in [5, 5.41) is 2.76.